The Morgan fingerprint density at radius 2 is 2.18 bits per heavy atom. The van der Waals surface area contributed by atoms with E-state index in [4.69, 9.17) is 4.74 Å². The smallest absolute Gasteiger partial charge is 0.292 e. The number of nitro groups is 1. The van der Waals surface area contributed by atoms with Gasteiger partial charge in [-0.05, 0) is 26.3 Å². The first-order valence-corrected chi connectivity index (χ1v) is 5.56. The molecule has 1 aliphatic rings. The maximum absolute atomic E-state index is 11.0. The minimum Gasteiger partial charge on any atom is -0.497 e. The van der Waals surface area contributed by atoms with Gasteiger partial charge in [-0.2, -0.15) is 0 Å². The Bertz CT molecular complexity index is 457. The van der Waals surface area contributed by atoms with Crippen LogP contribution in [0.25, 0.3) is 0 Å². The summed E-state index contributed by atoms with van der Waals surface area (Å²) in [5.74, 6) is 0.647. The molecule has 0 atom stereocenters. The molecule has 0 aromatic heterocycles. The zero-order valence-corrected chi connectivity index (χ0v) is 10.3. The fourth-order valence-electron chi connectivity index (χ4n) is 2.12. The fourth-order valence-corrected chi connectivity index (χ4v) is 2.12. The first-order valence-electron chi connectivity index (χ1n) is 5.56. The van der Waals surface area contributed by atoms with E-state index < -0.39 is 0 Å². The standard InChI is InChI=1S/C12H16N2O3/c1-12(2)6-7-13(12)11-8-9(17-3)4-5-10(11)14(15)16/h4-5,8H,6-7H2,1-3H3. The molecule has 1 saturated heterocycles. The lowest BCUT2D eigenvalue weighted by Gasteiger charge is -2.49. The van der Waals surface area contributed by atoms with E-state index in [0.717, 1.165) is 13.0 Å². The van der Waals surface area contributed by atoms with Gasteiger partial charge in [0.05, 0.1) is 12.0 Å². The SMILES string of the molecule is COc1ccc([N+](=O)[O-])c(N2CCC2(C)C)c1. The Kier molecular flexibility index (Phi) is 2.69. The molecule has 0 amide bonds. The number of nitro benzene ring substituents is 1. The van der Waals surface area contributed by atoms with Crippen LogP contribution in [0.2, 0.25) is 0 Å². The highest BCUT2D eigenvalue weighted by Gasteiger charge is 2.39. The van der Waals surface area contributed by atoms with Crippen molar-refractivity contribution in [3.8, 4) is 5.75 Å². The van der Waals surface area contributed by atoms with Gasteiger partial charge in [0.1, 0.15) is 11.4 Å². The molecule has 92 valence electrons. The highest BCUT2D eigenvalue weighted by molar-refractivity contribution is 5.68. The third-order valence-corrected chi connectivity index (χ3v) is 3.35. The Balaban J connectivity index is 2.46. The van der Waals surface area contributed by atoms with Gasteiger partial charge in [-0.1, -0.05) is 0 Å². The van der Waals surface area contributed by atoms with Gasteiger partial charge in [-0.3, -0.25) is 10.1 Å². The van der Waals surface area contributed by atoms with Crippen molar-refractivity contribution < 1.29 is 9.66 Å². The Morgan fingerprint density at radius 3 is 2.59 bits per heavy atom. The first kappa shape index (κ1) is 11.7. The largest absolute Gasteiger partial charge is 0.497 e. The summed E-state index contributed by atoms with van der Waals surface area (Å²) in [5.41, 5.74) is 0.765. The molecule has 0 bridgehead atoms. The quantitative estimate of drug-likeness (QED) is 0.598. The van der Waals surface area contributed by atoms with Crippen LogP contribution in [0, 0.1) is 10.1 Å². The number of anilines is 1. The van der Waals surface area contributed by atoms with Crippen LogP contribution in [0.15, 0.2) is 18.2 Å². The number of nitrogens with zero attached hydrogens (tertiary/aromatic N) is 2. The minimum absolute atomic E-state index is 0.0167. The lowest BCUT2D eigenvalue weighted by Crippen LogP contribution is -2.56. The molecule has 1 aromatic carbocycles. The summed E-state index contributed by atoms with van der Waals surface area (Å²) in [7, 11) is 1.56. The van der Waals surface area contributed by atoms with E-state index in [1.54, 1.807) is 19.2 Å². The van der Waals surface area contributed by atoms with Crippen LogP contribution in [0.5, 0.6) is 5.75 Å². The summed E-state index contributed by atoms with van der Waals surface area (Å²) < 4.78 is 5.13. The molecule has 1 fully saturated rings. The molecule has 1 aromatic rings. The molecule has 1 aliphatic heterocycles. The van der Waals surface area contributed by atoms with Crippen LogP contribution >= 0.6 is 0 Å². The molecule has 5 nitrogen and oxygen atoms in total. The zero-order chi connectivity index (χ0) is 12.6. The van der Waals surface area contributed by atoms with Crippen LogP contribution < -0.4 is 9.64 Å². The van der Waals surface area contributed by atoms with Crippen molar-refractivity contribution in [1.82, 2.24) is 0 Å². The molecular formula is C12H16N2O3. The predicted molar refractivity (Wildman–Crippen MR) is 65.7 cm³/mol. The molecule has 5 heteroatoms. The average molecular weight is 236 g/mol. The molecule has 0 radical (unpaired) electrons. The number of hydrogen-bond donors (Lipinski definition) is 0. The summed E-state index contributed by atoms with van der Waals surface area (Å²) in [6.45, 7) is 5.01. The van der Waals surface area contributed by atoms with Crippen molar-refractivity contribution >= 4 is 11.4 Å². The van der Waals surface area contributed by atoms with E-state index in [9.17, 15) is 10.1 Å². The second-order valence-corrected chi connectivity index (χ2v) is 4.83. The van der Waals surface area contributed by atoms with Crippen LogP contribution in [0.4, 0.5) is 11.4 Å². The van der Waals surface area contributed by atoms with Crippen molar-refractivity contribution in [2.75, 3.05) is 18.6 Å². The van der Waals surface area contributed by atoms with Crippen LogP contribution in [0.3, 0.4) is 0 Å². The molecule has 0 aliphatic carbocycles. The van der Waals surface area contributed by atoms with Crippen molar-refractivity contribution in [3.63, 3.8) is 0 Å². The summed E-state index contributed by atoms with van der Waals surface area (Å²) in [5, 5.41) is 11.0. The molecule has 0 saturated carbocycles. The van der Waals surface area contributed by atoms with E-state index in [1.165, 1.54) is 6.07 Å². The Morgan fingerprint density at radius 1 is 1.47 bits per heavy atom. The fraction of sp³-hybridized carbons (Fsp3) is 0.500. The maximum Gasteiger partial charge on any atom is 0.292 e. The van der Waals surface area contributed by atoms with Gasteiger partial charge < -0.3 is 9.64 Å². The Labute approximate surface area is 100 Å². The minimum atomic E-state index is -0.344. The first-order chi connectivity index (χ1) is 7.95. The van der Waals surface area contributed by atoms with Gasteiger partial charge in [0.15, 0.2) is 0 Å². The second-order valence-electron chi connectivity index (χ2n) is 4.83. The highest BCUT2D eigenvalue weighted by Crippen LogP contribution is 2.41. The summed E-state index contributed by atoms with van der Waals surface area (Å²) in [6, 6.07) is 4.86. The molecule has 1 heterocycles. The molecule has 17 heavy (non-hydrogen) atoms. The van der Waals surface area contributed by atoms with Crippen LogP contribution in [-0.2, 0) is 0 Å². The third-order valence-electron chi connectivity index (χ3n) is 3.35. The average Bonchev–Trinajstić information content (AvgIpc) is 2.27. The van der Waals surface area contributed by atoms with Gasteiger partial charge in [0, 0.05) is 24.2 Å². The van der Waals surface area contributed by atoms with E-state index in [1.807, 2.05) is 4.90 Å². The number of benzene rings is 1. The van der Waals surface area contributed by atoms with Gasteiger partial charge >= 0.3 is 0 Å². The van der Waals surface area contributed by atoms with E-state index in [0.29, 0.717) is 11.4 Å². The van der Waals surface area contributed by atoms with Crippen molar-refractivity contribution in [1.29, 1.82) is 0 Å². The molecule has 0 N–H and O–H groups in total. The van der Waals surface area contributed by atoms with E-state index in [2.05, 4.69) is 13.8 Å². The van der Waals surface area contributed by atoms with E-state index >= 15 is 0 Å². The predicted octanol–water partition coefficient (Wildman–Crippen LogP) is 2.59. The normalized spacial score (nSPS) is 17.5. The maximum atomic E-state index is 11.0. The number of hydrogen-bond acceptors (Lipinski definition) is 4. The Hall–Kier alpha value is -1.78. The lowest BCUT2D eigenvalue weighted by atomic mass is 9.88. The molecule has 2 rings (SSSR count). The van der Waals surface area contributed by atoms with E-state index in [-0.39, 0.29) is 16.1 Å². The number of rotatable bonds is 3. The van der Waals surface area contributed by atoms with Gasteiger partial charge in [-0.25, -0.2) is 0 Å². The lowest BCUT2D eigenvalue weighted by molar-refractivity contribution is -0.384. The third kappa shape index (κ3) is 1.92. The van der Waals surface area contributed by atoms with Gasteiger partial charge in [0.2, 0.25) is 0 Å². The second kappa shape index (κ2) is 3.91. The summed E-state index contributed by atoms with van der Waals surface area (Å²) in [4.78, 5) is 12.7. The summed E-state index contributed by atoms with van der Waals surface area (Å²) in [6.07, 6.45) is 1.04. The van der Waals surface area contributed by atoms with Crippen molar-refractivity contribution in [2.24, 2.45) is 0 Å². The van der Waals surface area contributed by atoms with Gasteiger partial charge in [0.25, 0.3) is 5.69 Å². The topological polar surface area (TPSA) is 55.6 Å². The van der Waals surface area contributed by atoms with Crippen LogP contribution in [-0.4, -0.2) is 24.1 Å². The van der Waals surface area contributed by atoms with Crippen molar-refractivity contribution in [2.45, 2.75) is 25.8 Å². The number of ether oxygens (including phenoxy) is 1. The molecular weight excluding hydrogens is 220 g/mol. The summed E-state index contributed by atoms with van der Waals surface area (Å²) >= 11 is 0. The van der Waals surface area contributed by atoms with Gasteiger partial charge in [-0.15, -0.1) is 0 Å². The van der Waals surface area contributed by atoms with Crippen molar-refractivity contribution in [3.05, 3.63) is 28.3 Å². The monoisotopic (exact) mass is 236 g/mol. The zero-order valence-electron chi connectivity index (χ0n) is 10.3. The molecule has 0 spiro atoms. The number of methoxy groups -OCH3 is 1. The molecule has 0 unspecified atom stereocenters. The van der Waals surface area contributed by atoms with Crippen LogP contribution in [0.1, 0.15) is 20.3 Å². The highest BCUT2D eigenvalue weighted by atomic mass is 16.6.